The minimum atomic E-state index is -3.70. The van der Waals surface area contributed by atoms with Crippen LogP contribution in [0.25, 0.3) is 0 Å². The van der Waals surface area contributed by atoms with Gasteiger partial charge in [0.1, 0.15) is 0 Å². The molecular weight excluding hydrogens is 370 g/mol. The van der Waals surface area contributed by atoms with E-state index in [1.54, 1.807) is 0 Å². The van der Waals surface area contributed by atoms with Gasteiger partial charge in [-0.3, -0.25) is 0 Å². The fourth-order valence-corrected chi connectivity index (χ4v) is 4.59. The quantitative estimate of drug-likeness (QED) is 0.734. The first kappa shape index (κ1) is 18.2. The molecule has 1 aromatic rings. The fourth-order valence-electron chi connectivity index (χ4n) is 2.85. The summed E-state index contributed by atoms with van der Waals surface area (Å²) in [5.41, 5.74) is -0.0838. The molecule has 0 bridgehead atoms. The van der Waals surface area contributed by atoms with E-state index < -0.39 is 28.1 Å². The molecule has 1 aromatic carbocycles. The minimum absolute atomic E-state index is 0.0141. The summed E-state index contributed by atoms with van der Waals surface area (Å²) in [6.45, 7) is 1.10. The molecule has 0 radical (unpaired) electrons. The van der Waals surface area contributed by atoms with Crippen LogP contribution in [0, 0.1) is 0 Å². The number of carbonyl (C=O) groups is 2. The molecule has 0 aromatic heterocycles. The molecule has 0 N–H and O–H groups in total. The number of rotatable bonds is 4. The van der Waals surface area contributed by atoms with Crippen molar-refractivity contribution in [2.75, 3.05) is 19.7 Å². The van der Waals surface area contributed by atoms with Crippen molar-refractivity contribution in [3.63, 3.8) is 0 Å². The van der Waals surface area contributed by atoms with Gasteiger partial charge < -0.3 is 9.47 Å². The molecule has 9 heteroatoms. The zero-order valence-corrected chi connectivity index (χ0v) is 15.0. The number of halogens is 1. The zero-order valence-electron chi connectivity index (χ0n) is 13.4. The monoisotopic (exact) mass is 387 g/mol. The number of sulfonamides is 1. The smallest absolute Gasteiger partial charge is 0.347 e. The van der Waals surface area contributed by atoms with Gasteiger partial charge in [0.05, 0.1) is 22.1 Å². The number of piperidine rings is 1. The minimum Gasteiger partial charge on any atom is -0.463 e. The second kappa shape index (κ2) is 7.31. The summed E-state index contributed by atoms with van der Waals surface area (Å²) in [5, 5.41) is 0.0639. The number of hydrogen-bond acceptors (Lipinski definition) is 6. The van der Waals surface area contributed by atoms with Crippen LogP contribution in [0.1, 0.15) is 36.0 Å². The fraction of sp³-hybridized carbons (Fsp3) is 0.500. The highest BCUT2D eigenvalue weighted by Crippen LogP contribution is 2.26. The Hall–Kier alpha value is -1.64. The Balaban J connectivity index is 1.84. The number of benzene rings is 1. The van der Waals surface area contributed by atoms with Gasteiger partial charge >= 0.3 is 11.9 Å². The number of nitrogens with zero attached hydrogens (tertiary/aromatic N) is 1. The van der Waals surface area contributed by atoms with E-state index in [4.69, 9.17) is 21.1 Å². The third-order valence-corrected chi connectivity index (χ3v) is 6.47. The van der Waals surface area contributed by atoms with E-state index in [1.807, 2.05) is 0 Å². The molecule has 2 aliphatic heterocycles. The van der Waals surface area contributed by atoms with Gasteiger partial charge in [-0.05, 0) is 31.0 Å². The van der Waals surface area contributed by atoms with Crippen molar-refractivity contribution in [2.45, 2.75) is 36.7 Å². The molecule has 136 valence electrons. The highest BCUT2D eigenvalue weighted by Gasteiger charge is 2.32. The van der Waals surface area contributed by atoms with Crippen molar-refractivity contribution >= 4 is 33.6 Å². The number of ether oxygens (including phenoxy) is 2. The van der Waals surface area contributed by atoms with Crippen molar-refractivity contribution < 1.29 is 27.5 Å². The van der Waals surface area contributed by atoms with E-state index in [1.165, 1.54) is 22.5 Å². The molecule has 0 saturated carbocycles. The first-order valence-corrected chi connectivity index (χ1v) is 9.89. The molecular formula is C16H18ClNO6S. The summed E-state index contributed by atoms with van der Waals surface area (Å²) in [6.07, 6.45) is 1.91. The third-order valence-electron chi connectivity index (χ3n) is 4.25. The zero-order chi connectivity index (χ0) is 18.0. The highest BCUT2D eigenvalue weighted by atomic mass is 35.5. The normalized spacial score (nSPS) is 21.8. The molecule has 0 spiro atoms. The van der Waals surface area contributed by atoms with Crippen molar-refractivity contribution in [3.05, 3.63) is 28.8 Å². The molecule has 1 atom stereocenters. The average Bonchev–Trinajstić information content (AvgIpc) is 3.00. The number of esters is 2. The molecule has 2 saturated heterocycles. The van der Waals surface area contributed by atoms with Crippen molar-refractivity contribution in [1.82, 2.24) is 4.31 Å². The Morgan fingerprint density at radius 3 is 2.60 bits per heavy atom. The molecule has 7 nitrogen and oxygen atoms in total. The van der Waals surface area contributed by atoms with Crippen molar-refractivity contribution in [1.29, 1.82) is 0 Å². The van der Waals surface area contributed by atoms with E-state index in [9.17, 15) is 18.0 Å². The maximum atomic E-state index is 12.7. The molecule has 0 amide bonds. The number of hydrogen-bond donors (Lipinski definition) is 0. The molecule has 2 fully saturated rings. The van der Waals surface area contributed by atoms with Crippen LogP contribution in [-0.2, 0) is 24.3 Å². The summed E-state index contributed by atoms with van der Waals surface area (Å²) in [6, 6.07) is 3.92. The van der Waals surface area contributed by atoms with Gasteiger partial charge in [-0.15, -0.1) is 0 Å². The van der Waals surface area contributed by atoms with Crippen LogP contribution in [0.5, 0.6) is 0 Å². The average molecular weight is 388 g/mol. The van der Waals surface area contributed by atoms with Crippen LogP contribution >= 0.6 is 11.6 Å². The van der Waals surface area contributed by atoms with Crippen LogP contribution in [0.15, 0.2) is 23.1 Å². The summed E-state index contributed by atoms with van der Waals surface area (Å²) in [7, 11) is -3.70. The predicted octanol–water partition coefficient (Wildman–Crippen LogP) is 1.99. The maximum Gasteiger partial charge on any atom is 0.347 e. The SMILES string of the molecule is O=C(O[C@@H]1CCOC1=O)c1cc(S(=O)(=O)N2CCCCC2)ccc1Cl. The van der Waals surface area contributed by atoms with Crippen LogP contribution in [0.3, 0.4) is 0 Å². The van der Waals surface area contributed by atoms with Gasteiger partial charge in [-0.1, -0.05) is 18.0 Å². The van der Waals surface area contributed by atoms with Gasteiger partial charge in [0.25, 0.3) is 0 Å². The standard InChI is InChI=1S/C16H18ClNO6S/c17-13-5-4-11(25(21,22)18-7-2-1-3-8-18)10-12(13)15(19)24-14-6-9-23-16(14)20/h4-5,10,14H,1-3,6-9H2/t14-/m1/s1. The van der Waals surface area contributed by atoms with Crippen LogP contribution in [0.2, 0.25) is 5.02 Å². The van der Waals surface area contributed by atoms with E-state index in [0.717, 1.165) is 19.3 Å². The summed E-state index contributed by atoms with van der Waals surface area (Å²) >= 11 is 6.02. The topological polar surface area (TPSA) is 90.0 Å². The van der Waals surface area contributed by atoms with Gasteiger partial charge in [-0.2, -0.15) is 4.31 Å². The second-order valence-electron chi connectivity index (χ2n) is 5.96. The summed E-state index contributed by atoms with van der Waals surface area (Å²) < 4.78 is 36.7. The lowest BCUT2D eigenvalue weighted by atomic mass is 10.2. The summed E-state index contributed by atoms with van der Waals surface area (Å²) in [4.78, 5) is 23.7. The van der Waals surface area contributed by atoms with Crippen molar-refractivity contribution in [3.8, 4) is 0 Å². The molecule has 0 aliphatic carbocycles. The van der Waals surface area contributed by atoms with Gasteiger partial charge in [0.2, 0.25) is 16.1 Å². The number of carbonyl (C=O) groups excluding carboxylic acids is 2. The lowest BCUT2D eigenvalue weighted by Crippen LogP contribution is -2.35. The molecule has 2 aliphatic rings. The summed E-state index contributed by atoms with van der Waals surface area (Å²) in [5.74, 6) is -1.45. The molecule has 2 heterocycles. The Bertz CT molecular complexity index is 788. The third kappa shape index (κ3) is 3.80. The Labute approximate surface area is 150 Å². The van der Waals surface area contributed by atoms with Gasteiger partial charge in [0, 0.05) is 19.5 Å². The lowest BCUT2D eigenvalue weighted by molar-refractivity contribution is -0.145. The van der Waals surface area contributed by atoms with Crippen LogP contribution < -0.4 is 0 Å². The maximum absolute atomic E-state index is 12.7. The van der Waals surface area contributed by atoms with Crippen LogP contribution in [0.4, 0.5) is 0 Å². The Morgan fingerprint density at radius 2 is 1.96 bits per heavy atom. The van der Waals surface area contributed by atoms with Gasteiger partial charge in [0.15, 0.2) is 0 Å². The largest absolute Gasteiger partial charge is 0.463 e. The first-order valence-electron chi connectivity index (χ1n) is 8.07. The molecule has 0 unspecified atom stereocenters. The van der Waals surface area contributed by atoms with Crippen molar-refractivity contribution in [2.24, 2.45) is 0 Å². The Morgan fingerprint density at radius 1 is 1.24 bits per heavy atom. The van der Waals surface area contributed by atoms with E-state index >= 15 is 0 Å². The van der Waals surface area contributed by atoms with E-state index in [0.29, 0.717) is 13.1 Å². The second-order valence-corrected chi connectivity index (χ2v) is 8.30. The lowest BCUT2D eigenvalue weighted by Gasteiger charge is -2.26. The molecule has 3 rings (SSSR count). The first-order chi connectivity index (χ1) is 11.9. The molecule has 25 heavy (non-hydrogen) atoms. The Kier molecular flexibility index (Phi) is 5.31. The van der Waals surface area contributed by atoms with Gasteiger partial charge in [-0.25, -0.2) is 18.0 Å². The highest BCUT2D eigenvalue weighted by molar-refractivity contribution is 7.89. The number of cyclic esters (lactones) is 1. The predicted molar refractivity (Wildman–Crippen MR) is 88.8 cm³/mol. The van der Waals surface area contributed by atoms with E-state index in [2.05, 4.69) is 0 Å². The van der Waals surface area contributed by atoms with E-state index in [-0.39, 0.29) is 28.5 Å². The van der Waals surface area contributed by atoms with Crippen LogP contribution in [-0.4, -0.2) is 50.5 Å².